The molecule has 3 aliphatic carbocycles. The molecule has 0 spiro atoms. The Labute approximate surface area is 167 Å². The highest BCUT2D eigenvalue weighted by Crippen LogP contribution is 2.62. The minimum Gasteiger partial charge on any atom is -0.497 e. The molecule has 0 radical (unpaired) electrons. The van der Waals surface area contributed by atoms with E-state index >= 15 is 0 Å². The second-order valence-corrected chi connectivity index (χ2v) is 9.13. The molecule has 2 aromatic rings. The van der Waals surface area contributed by atoms with Gasteiger partial charge in [-0.1, -0.05) is 19.1 Å². The standard InChI is InChI=1S/C25H29NO2/c1-25-10-7-21-20-6-4-19(28-2)14-17(20)3-5-22(21)23(25)15-18(24(25)27)13-16-8-11-26-12-9-16/h4,6,8-9,11-14,21-24,27H,3,5,7,10,15H2,1-2H3/t21-,22-,23+,24+,25+/m1/s1. The fourth-order valence-corrected chi connectivity index (χ4v) is 6.36. The first-order valence-electron chi connectivity index (χ1n) is 10.6. The molecule has 1 N–H and O–H groups in total. The predicted octanol–water partition coefficient (Wildman–Crippen LogP) is 5.00. The minimum atomic E-state index is -0.330. The average Bonchev–Trinajstić information content (AvgIpc) is 2.99. The van der Waals surface area contributed by atoms with Crippen molar-refractivity contribution < 1.29 is 9.84 Å². The number of benzene rings is 1. The van der Waals surface area contributed by atoms with E-state index in [4.69, 9.17) is 4.74 Å². The van der Waals surface area contributed by atoms with E-state index in [0.717, 1.165) is 30.6 Å². The smallest absolute Gasteiger partial charge is 0.119 e. The van der Waals surface area contributed by atoms with Crippen molar-refractivity contribution in [3.63, 3.8) is 0 Å². The highest BCUT2D eigenvalue weighted by Gasteiger charge is 2.56. The lowest BCUT2D eigenvalue weighted by Crippen LogP contribution is -2.44. The fraction of sp³-hybridized carbons (Fsp3) is 0.480. The van der Waals surface area contributed by atoms with Crippen LogP contribution in [-0.4, -0.2) is 23.3 Å². The van der Waals surface area contributed by atoms with Crippen molar-refractivity contribution in [3.8, 4) is 5.75 Å². The topological polar surface area (TPSA) is 42.4 Å². The van der Waals surface area contributed by atoms with Crippen LogP contribution in [0.4, 0.5) is 0 Å². The molecule has 1 aromatic carbocycles. The number of methoxy groups -OCH3 is 1. The molecule has 0 bridgehead atoms. The average molecular weight is 376 g/mol. The molecule has 1 aromatic heterocycles. The molecule has 3 nitrogen and oxygen atoms in total. The van der Waals surface area contributed by atoms with Gasteiger partial charge in [-0.15, -0.1) is 0 Å². The molecule has 0 amide bonds. The van der Waals surface area contributed by atoms with Gasteiger partial charge in [0, 0.05) is 17.8 Å². The number of rotatable bonds is 2. The van der Waals surface area contributed by atoms with Gasteiger partial charge in [0.05, 0.1) is 13.2 Å². The molecule has 146 valence electrons. The lowest BCUT2D eigenvalue weighted by molar-refractivity contribution is -0.0158. The zero-order chi connectivity index (χ0) is 19.3. The van der Waals surface area contributed by atoms with Gasteiger partial charge >= 0.3 is 0 Å². The van der Waals surface area contributed by atoms with Gasteiger partial charge in [0.25, 0.3) is 0 Å². The Balaban J connectivity index is 1.47. The molecule has 1 heterocycles. The van der Waals surface area contributed by atoms with E-state index < -0.39 is 0 Å². The number of aromatic nitrogens is 1. The van der Waals surface area contributed by atoms with Crippen LogP contribution in [0.15, 0.2) is 48.3 Å². The van der Waals surface area contributed by atoms with Crippen molar-refractivity contribution in [3.05, 3.63) is 65.0 Å². The maximum absolute atomic E-state index is 11.3. The summed E-state index contributed by atoms with van der Waals surface area (Å²) in [6, 6.07) is 10.7. The van der Waals surface area contributed by atoms with Gasteiger partial charge in [-0.3, -0.25) is 4.98 Å². The van der Waals surface area contributed by atoms with Crippen LogP contribution < -0.4 is 4.74 Å². The summed E-state index contributed by atoms with van der Waals surface area (Å²) in [5.41, 5.74) is 5.35. The monoisotopic (exact) mass is 375 g/mol. The van der Waals surface area contributed by atoms with Crippen LogP contribution in [0.25, 0.3) is 6.08 Å². The van der Waals surface area contributed by atoms with E-state index in [-0.39, 0.29) is 11.5 Å². The van der Waals surface area contributed by atoms with Crippen LogP contribution in [0.2, 0.25) is 0 Å². The Morgan fingerprint density at radius 3 is 2.79 bits per heavy atom. The molecule has 5 rings (SSSR count). The van der Waals surface area contributed by atoms with Gasteiger partial charge in [0.2, 0.25) is 0 Å². The van der Waals surface area contributed by atoms with Crippen LogP contribution in [0, 0.1) is 17.3 Å². The van der Waals surface area contributed by atoms with Crippen molar-refractivity contribution in [2.75, 3.05) is 7.11 Å². The van der Waals surface area contributed by atoms with Gasteiger partial charge in [-0.2, -0.15) is 0 Å². The normalized spacial score (nSPS) is 35.2. The SMILES string of the molecule is COc1ccc2c(c1)CC[C@@H]1[C@@H]2CC[C@]2(C)[C@@H](O)C(=Cc3ccncc3)C[C@@H]12. The summed E-state index contributed by atoms with van der Waals surface area (Å²) in [7, 11) is 1.75. The first-order valence-corrected chi connectivity index (χ1v) is 10.6. The van der Waals surface area contributed by atoms with Crippen LogP contribution in [0.3, 0.4) is 0 Å². The summed E-state index contributed by atoms with van der Waals surface area (Å²) in [6.07, 6.45) is 11.2. The number of fused-ring (bicyclic) bond motifs is 5. The van der Waals surface area contributed by atoms with E-state index in [0.29, 0.717) is 17.8 Å². The Morgan fingerprint density at radius 2 is 2.00 bits per heavy atom. The molecule has 2 saturated carbocycles. The quantitative estimate of drug-likeness (QED) is 0.803. The number of pyridine rings is 1. The molecule has 0 aliphatic heterocycles. The zero-order valence-corrected chi connectivity index (χ0v) is 16.8. The lowest BCUT2D eigenvalue weighted by atomic mass is 9.55. The largest absolute Gasteiger partial charge is 0.497 e. The van der Waals surface area contributed by atoms with Gasteiger partial charge in [0.15, 0.2) is 0 Å². The molecular formula is C25H29NO2. The maximum atomic E-state index is 11.3. The second kappa shape index (κ2) is 6.73. The summed E-state index contributed by atoms with van der Waals surface area (Å²) >= 11 is 0. The van der Waals surface area contributed by atoms with Crippen molar-refractivity contribution in [1.82, 2.24) is 4.98 Å². The van der Waals surface area contributed by atoms with Crippen LogP contribution >= 0.6 is 0 Å². The lowest BCUT2D eigenvalue weighted by Gasteiger charge is -2.49. The highest BCUT2D eigenvalue weighted by atomic mass is 16.5. The molecule has 0 unspecified atom stereocenters. The summed E-state index contributed by atoms with van der Waals surface area (Å²) in [4.78, 5) is 4.11. The number of hydrogen-bond acceptors (Lipinski definition) is 3. The number of nitrogens with zero attached hydrogens (tertiary/aromatic N) is 1. The molecule has 3 aliphatic rings. The molecule has 2 fully saturated rings. The molecule has 3 heteroatoms. The maximum Gasteiger partial charge on any atom is 0.119 e. The van der Waals surface area contributed by atoms with Crippen LogP contribution in [-0.2, 0) is 6.42 Å². The highest BCUT2D eigenvalue weighted by molar-refractivity contribution is 5.55. The van der Waals surface area contributed by atoms with Gasteiger partial charge in [0.1, 0.15) is 5.75 Å². The van der Waals surface area contributed by atoms with Crippen molar-refractivity contribution in [1.29, 1.82) is 0 Å². The van der Waals surface area contributed by atoms with Crippen LogP contribution in [0.5, 0.6) is 5.75 Å². The third-order valence-corrected chi connectivity index (χ3v) is 7.86. The predicted molar refractivity (Wildman–Crippen MR) is 111 cm³/mol. The van der Waals surface area contributed by atoms with Crippen LogP contribution in [0.1, 0.15) is 55.2 Å². The van der Waals surface area contributed by atoms with E-state index in [9.17, 15) is 5.11 Å². The van der Waals surface area contributed by atoms with Gasteiger partial charge in [-0.25, -0.2) is 0 Å². The Bertz CT molecular complexity index is 906. The molecule has 0 saturated heterocycles. The second-order valence-electron chi connectivity index (χ2n) is 9.13. The fourth-order valence-electron chi connectivity index (χ4n) is 6.36. The number of aliphatic hydroxyl groups excluding tert-OH is 1. The Hall–Kier alpha value is -2.13. The summed E-state index contributed by atoms with van der Waals surface area (Å²) in [5.74, 6) is 2.82. The number of ether oxygens (including phenoxy) is 1. The number of aryl methyl sites for hydroxylation is 1. The molecule has 5 atom stereocenters. The summed E-state index contributed by atoms with van der Waals surface area (Å²) in [6.45, 7) is 2.33. The first-order chi connectivity index (χ1) is 13.6. The van der Waals surface area contributed by atoms with Gasteiger partial charge in [-0.05, 0) is 96.4 Å². The van der Waals surface area contributed by atoms with Crippen molar-refractivity contribution in [2.24, 2.45) is 17.3 Å². The summed E-state index contributed by atoms with van der Waals surface area (Å²) in [5, 5.41) is 11.3. The third kappa shape index (κ3) is 2.71. The number of hydrogen-bond donors (Lipinski definition) is 1. The van der Waals surface area contributed by atoms with Crippen molar-refractivity contribution >= 4 is 6.08 Å². The molecule has 28 heavy (non-hydrogen) atoms. The van der Waals surface area contributed by atoms with Crippen molar-refractivity contribution in [2.45, 2.75) is 51.0 Å². The van der Waals surface area contributed by atoms with E-state index in [2.05, 4.69) is 36.2 Å². The number of aliphatic hydroxyl groups is 1. The first kappa shape index (κ1) is 17.9. The van der Waals surface area contributed by atoms with E-state index in [1.54, 1.807) is 7.11 Å². The Morgan fingerprint density at radius 1 is 1.18 bits per heavy atom. The summed E-state index contributed by atoms with van der Waals surface area (Å²) < 4.78 is 5.44. The third-order valence-electron chi connectivity index (χ3n) is 7.86. The molecular weight excluding hydrogens is 346 g/mol. The van der Waals surface area contributed by atoms with E-state index in [1.807, 2.05) is 24.5 Å². The minimum absolute atomic E-state index is 0.00397. The Kier molecular flexibility index (Phi) is 4.31. The van der Waals surface area contributed by atoms with E-state index in [1.165, 1.54) is 29.5 Å². The zero-order valence-electron chi connectivity index (χ0n) is 16.8. The van der Waals surface area contributed by atoms with Gasteiger partial charge < -0.3 is 9.84 Å².